The van der Waals surface area contributed by atoms with Crippen molar-refractivity contribution in [2.45, 2.75) is 13.3 Å². The second-order valence-electron chi connectivity index (χ2n) is 5.80. The van der Waals surface area contributed by atoms with Gasteiger partial charge in [0.25, 0.3) is 5.91 Å². The van der Waals surface area contributed by atoms with Crippen LogP contribution < -0.4 is 5.32 Å². The van der Waals surface area contributed by atoms with E-state index in [1.165, 1.54) is 18.4 Å². The summed E-state index contributed by atoms with van der Waals surface area (Å²) in [5, 5.41) is 11.8. The number of hydrogen-bond acceptors (Lipinski definition) is 4. The lowest BCUT2D eigenvalue weighted by molar-refractivity contribution is 0.0953. The van der Waals surface area contributed by atoms with Crippen LogP contribution in [0, 0.1) is 24.1 Å². The summed E-state index contributed by atoms with van der Waals surface area (Å²) in [4.78, 5) is 16.6. The van der Waals surface area contributed by atoms with Crippen molar-refractivity contribution in [1.29, 1.82) is 5.26 Å². The Balaban J connectivity index is 1.59. The number of rotatable bonds is 5. The van der Waals surface area contributed by atoms with Crippen molar-refractivity contribution in [3.8, 4) is 17.5 Å². The Labute approximate surface area is 150 Å². The summed E-state index contributed by atoms with van der Waals surface area (Å²) in [5.74, 6) is -0.148. The predicted octanol–water partition coefficient (Wildman–Crippen LogP) is 3.63. The Morgan fingerprint density at radius 3 is 2.77 bits per heavy atom. The van der Waals surface area contributed by atoms with E-state index in [2.05, 4.69) is 10.3 Å². The van der Waals surface area contributed by atoms with E-state index in [4.69, 9.17) is 9.68 Å². The number of nitrogens with one attached hydrogen (secondary N) is 1. The number of carbonyl (C=O) groups excluding carboxylic acids is 1. The van der Waals surface area contributed by atoms with E-state index in [1.807, 2.05) is 13.0 Å². The molecule has 0 spiro atoms. The highest BCUT2D eigenvalue weighted by Gasteiger charge is 2.11. The Hall–Kier alpha value is -3.46. The Bertz CT molecular complexity index is 971. The number of nitrogens with zero attached hydrogens (tertiary/aromatic N) is 2. The number of amides is 1. The maximum absolute atomic E-state index is 13.0. The average Bonchev–Trinajstić information content (AvgIpc) is 3.11. The number of oxazole rings is 1. The summed E-state index contributed by atoms with van der Waals surface area (Å²) in [6.45, 7) is 2.20. The fraction of sp³-hybridized carbons (Fsp3) is 0.150. The van der Waals surface area contributed by atoms with Crippen molar-refractivity contribution >= 4 is 5.91 Å². The molecule has 0 bridgehead atoms. The van der Waals surface area contributed by atoms with Crippen molar-refractivity contribution < 1.29 is 13.6 Å². The molecule has 5 nitrogen and oxygen atoms in total. The van der Waals surface area contributed by atoms with Crippen molar-refractivity contribution in [2.24, 2.45) is 0 Å². The van der Waals surface area contributed by atoms with Crippen LogP contribution in [-0.4, -0.2) is 17.4 Å². The molecule has 26 heavy (non-hydrogen) atoms. The van der Waals surface area contributed by atoms with Gasteiger partial charge in [-0.2, -0.15) is 5.26 Å². The van der Waals surface area contributed by atoms with E-state index in [0.29, 0.717) is 41.2 Å². The third-order valence-corrected chi connectivity index (χ3v) is 3.92. The molecule has 0 atom stereocenters. The first-order valence-corrected chi connectivity index (χ1v) is 8.06. The van der Waals surface area contributed by atoms with Crippen molar-refractivity contribution in [2.75, 3.05) is 6.54 Å². The average molecular weight is 349 g/mol. The second-order valence-corrected chi connectivity index (χ2v) is 5.80. The maximum atomic E-state index is 13.0. The minimum atomic E-state index is -0.320. The van der Waals surface area contributed by atoms with Gasteiger partial charge in [0.2, 0.25) is 5.89 Å². The quantitative estimate of drug-likeness (QED) is 0.763. The standard InChI is InChI=1S/C20H16FN3O2/c1-13-2-3-14(11-22)10-18(13)19(25)23-9-8-17-12-26-20(24-17)15-4-6-16(21)7-5-15/h2-7,10,12H,8-9H2,1H3,(H,23,25). The highest BCUT2D eigenvalue weighted by atomic mass is 19.1. The summed E-state index contributed by atoms with van der Waals surface area (Å²) in [6, 6.07) is 12.9. The Kier molecular flexibility index (Phi) is 5.09. The predicted molar refractivity (Wildman–Crippen MR) is 93.8 cm³/mol. The summed E-state index contributed by atoms with van der Waals surface area (Å²) >= 11 is 0. The van der Waals surface area contributed by atoms with Crippen LogP contribution in [0.2, 0.25) is 0 Å². The van der Waals surface area contributed by atoms with Crippen LogP contribution in [0.3, 0.4) is 0 Å². The van der Waals surface area contributed by atoms with Crippen molar-refractivity contribution in [3.63, 3.8) is 0 Å². The molecule has 0 aliphatic carbocycles. The van der Waals surface area contributed by atoms with Gasteiger partial charge in [-0.1, -0.05) is 6.07 Å². The van der Waals surface area contributed by atoms with Gasteiger partial charge >= 0.3 is 0 Å². The molecule has 0 saturated heterocycles. The van der Waals surface area contributed by atoms with Gasteiger partial charge in [0.1, 0.15) is 12.1 Å². The fourth-order valence-corrected chi connectivity index (χ4v) is 2.48. The summed E-state index contributed by atoms with van der Waals surface area (Å²) in [5.41, 5.74) is 3.11. The molecule has 3 aromatic rings. The van der Waals surface area contributed by atoms with E-state index < -0.39 is 0 Å². The monoisotopic (exact) mass is 349 g/mol. The maximum Gasteiger partial charge on any atom is 0.251 e. The first-order valence-electron chi connectivity index (χ1n) is 8.06. The lowest BCUT2D eigenvalue weighted by Crippen LogP contribution is -2.26. The smallest absolute Gasteiger partial charge is 0.251 e. The van der Waals surface area contributed by atoms with Gasteiger partial charge in [0, 0.05) is 24.1 Å². The summed E-state index contributed by atoms with van der Waals surface area (Å²) in [6.07, 6.45) is 2.01. The first kappa shape index (κ1) is 17.4. The molecule has 1 N–H and O–H groups in total. The minimum Gasteiger partial charge on any atom is -0.444 e. The second kappa shape index (κ2) is 7.62. The summed E-state index contributed by atoms with van der Waals surface area (Å²) < 4.78 is 18.4. The highest BCUT2D eigenvalue weighted by molar-refractivity contribution is 5.95. The molecule has 0 aliphatic rings. The molecule has 6 heteroatoms. The number of benzene rings is 2. The van der Waals surface area contributed by atoms with Crippen LogP contribution in [0.4, 0.5) is 4.39 Å². The minimum absolute atomic E-state index is 0.234. The van der Waals surface area contributed by atoms with Gasteiger partial charge in [0.05, 0.1) is 17.3 Å². The van der Waals surface area contributed by atoms with Crippen LogP contribution in [0.1, 0.15) is 27.2 Å². The molecule has 1 heterocycles. The van der Waals surface area contributed by atoms with Gasteiger partial charge in [-0.15, -0.1) is 0 Å². The van der Waals surface area contributed by atoms with Crippen LogP contribution in [-0.2, 0) is 6.42 Å². The number of hydrogen-bond donors (Lipinski definition) is 1. The van der Waals surface area contributed by atoms with Gasteiger partial charge < -0.3 is 9.73 Å². The Morgan fingerprint density at radius 1 is 1.27 bits per heavy atom. The topological polar surface area (TPSA) is 78.9 Å². The van der Waals surface area contributed by atoms with Crippen LogP contribution in [0.5, 0.6) is 0 Å². The zero-order valence-corrected chi connectivity index (χ0v) is 14.1. The molecule has 0 unspecified atom stereocenters. The van der Waals surface area contributed by atoms with E-state index in [1.54, 1.807) is 30.3 Å². The Morgan fingerprint density at radius 2 is 2.04 bits per heavy atom. The van der Waals surface area contributed by atoms with E-state index >= 15 is 0 Å². The molecule has 0 saturated carbocycles. The molecular weight excluding hydrogens is 333 g/mol. The van der Waals surface area contributed by atoms with E-state index in [0.717, 1.165) is 5.56 Å². The van der Waals surface area contributed by atoms with Gasteiger partial charge in [-0.25, -0.2) is 9.37 Å². The molecule has 2 aromatic carbocycles. The molecule has 1 amide bonds. The third kappa shape index (κ3) is 3.95. The van der Waals surface area contributed by atoms with Gasteiger partial charge in [-0.3, -0.25) is 4.79 Å². The van der Waals surface area contributed by atoms with Gasteiger partial charge in [0.15, 0.2) is 0 Å². The van der Waals surface area contributed by atoms with Crippen molar-refractivity contribution in [1.82, 2.24) is 10.3 Å². The van der Waals surface area contributed by atoms with Crippen LogP contribution >= 0.6 is 0 Å². The fourth-order valence-electron chi connectivity index (χ4n) is 2.48. The number of aryl methyl sites for hydroxylation is 1. The zero-order chi connectivity index (χ0) is 18.5. The number of nitriles is 1. The normalized spacial score (nSPS) is 10.3. The van der Waals surface area contributed by atoms with Crippen molar-refractivity contribution in [3.05, 3.63) is 76.9 Å². The molecule has 1 aromatic heterocycles. The molecular formula is C20H16FN3O2. The SMILES string of the molecule is Cc1ccc(C#N)cc1C(=O)NCCc1coc(-c2ccc(F)cc2)n1. The summed E-state index contributed by atoms with van der Waals surface area (Å²) in [7, 11) is 0. The van der Waals surface area contributed by atoms with E-state index in [9.17, 15) is 9.18 Å². The largest absolute Gasteiger partial charge is 0.444 e. The van der Waals surface area contributed by atoms with Crippen LogP contribution in [0.25, 0.3) is 11.5 Å². The van der Waals surface area contributed by atoms with E-state index in [-0.39, 0.29) is 11.7 Å². The van der Waals surface area contributed by atoms with Crippen LogP contribution in [0.15, 0.2) is 53.1 Å². The first-order chi connectivity index (χ1) is 12.6. The number of carbonyl (C=O) groups is 1. The zero-order valence-electron chi connectivity index (χ0n) is 14.1. The number of halogens is 1. The molecule has 130 valence electrons. The van der Waals surface area contributed by atoms with Gasteiger partial charge in [-0.05, 0) is 48.9 Å². The molecule has 0 radical (unpaired) electrons. The number of aromatic nitrogens is 1. The lowest BCUT2D eigenvalue weighted by atomic mass is 10.0. The highest BCUT2D eigenvalue weighted by Crippen LogP contribution is 2.19. The third-order valence-electron chi connectivity index (χ3n) is 3.92. The lowest BCUT2D eigenvalue weighted by Gasteiger charge is -2.07. The molecule has 0 fully saturated rings. The molecule has 3 rings (SSSR count). The molecule has 0 aliphatic heterocycles.